The minimum atomic E-state index is -1.28. The summed E-state index contributed by atoms with van der Waals surface area (Å²) in [5.41, 5.74) is 1.49. The van der Waals surface area contributed by atoms with Crippen molar-refractivity contribution in [2.75, 3.05) is 10.7 Å². The van der Waals surface area contributed by atoms with Crippen molar-refractivity contribution in [3.8, 4) is 0 Å². The van der Waals surface area contributed by atoms with Gasteiger partial charge in [-0.2, -0.15) is 0 Å². The van der Waals surface area contributed by atoms with Crippen LogP contribution >= 0.6 is 23.2 Å². The number of carbonyl (C=O) groups is 1. The second-order valence-electron chi connectivity index (χ2n) is 4.67. The zero-order valence-corrected chi connectivity index (χ0v) is 13.2. The van der Waals surface area contributed by atoms with Gasteiger partial charge in [-0.25, -0.2) is 0 Å². The lowest BCUT2D eigenvalue weighted by molar-refractivity contribution is -0.115. The highest BCUT2D eigenvalue weighted by atomic mass is 35.5. The van der Waals surface area contributed by atoms with E-state index in [0.717, 1.165) is 5.56 Å². The lowest BCUT2D eigenvalue weighted by Gasteiger charge is -2.24. The fourth-order valence-electron chi connectivity index (χ4n) is 2.33. The number of halogens is 2. The number of hydrogen-bond donors (Lipinski definition) is 0. The number of carbonyl (C=O) groups excluding carboxylic acids is 1. The zero-order chi connectivity index (χ0) is 15.0. The molecule has 2 atom stereocenters. The van der Waals surface area contributed by atoms with E-state index in [9.17, 15) is 9.00 Å². The monoisotopic (exact) mass is 339 g/mol. The lowest BCUT2D eigenvalue weighted by atomic mass is 10.2. The van der Waals surface area contributed by atoms with Gasteiger partial charge in [-0.15, -0.1) is 0 Å². The molecule has 21 heavy (non-hydrogen) atoms. The van der Waals surface area contributed by atoms with E-state index in [1.807, 2.05) is 0 Å². The van der Waals surface area contributed by atoms with E-state index in [0.29, 0.717) is 15.7 Å². The van der Waals surface area contributed by atoms with Gasteiger partial charge in [0, 0.05) is 15.7 Å². The Kier molecular flexibility index (Phi) is 4.02. The first-order valence-corrected chi connectivity index (χ1v) is 8.40. The summed E-state index contributed by atoms with van der Waals surface area (Å²) in [6.07, 6.45) is 0. The fourth-order valence-corrected chi connectivity index (χ4v) is 4.06. The molecule has 1 fully saturated rings. The quantitative estimate of drug-likeness (QED) is 0.834. The summed E-state index contributed by atoms with van der Waals surface area (Å²) in [6, 6.07) is 14.0. The molecule has 1 aliphatic rings. The second-order valence-corrected chi connectivity index (χ2v) is 7.04. The number of benzene rings is 2. The van der Waals surface area contributed by atoms with Crippen molar-refractivity contribution in [2.45, 2.75) is 5.37 Å². The third-order valence-corrected chi connectivity index (χ3v) is 5.29. The Morgan fingerprint density at radius 3 is 2.05 bits per heavy atom. The molecule has 0 unspecified atom stereocenters. The van der Waals surface area contributed by atoms with Crippen molar-refractivity contribution in [3.63, 3.8) is 0 Å². The van der Waals surface area contributed by atoms with Gasteiger partial charge in [-0.3, -0.25) is 13.9 Å². The summed E-state index contributed by atoms with van der Waals surface area (Å²) < 4.78 is 12.3. The fraction of sp³-hybridized carbons (Fsp3) is 0.133. The van der Waals surface area contributed by atoms with Gasteiger partial charge in [0.1, 0.15) is 11.1 Å². The highest BCUT2D eigenvalue weighted by molar-refractivity contribution is 7.86. The molecule has 1 saturated heterocycles. The number of hydrogen-bond acceptors (Lipinski definition) is 2. The van der Waals surface area contributed by atoms with Crippen molar-refractivity contribution in [3.05, 3.63) is 64.1 Å². The molecule has 3 nitrogen and oxygen atoms in total. The van der Waals surface area contributed by atoms with Gasteiger partial charge in [-0.05, 0) is 42.0 Å². The molecular formula is C15H11Cl2NO2S. The SMILES string of the molecule is O=C1C[S@](=O)[C@@H](c2ccc(Cl)cc2)N1c1ccc(Cl)cc1. The van der Waals surface area contributed by atoms with E-state index >= 15 is 0 Å². The van der Waals surface area contributed by atoms with Crippen LogP contribution in [0.4, 0.5) is 5.69 Å². The molecule has 2 aromatic carbocycles. The molecule has 108 valence electrons. The van der Waals surface area contributed by atoms with Gasteiger partial charge in [0.2, 0.25) is 5.91 Å². The Balaban J connectivity index is 2.03. The minimum Gasteiger partial charge on any atom is -0.292 e. The third kappa shape index (κ3) is 2.84. The molecule has 6 heteroatoms. The van der Waals surface area contributed by atoms with Crippen LogP contribution in [0.1, 0.15) is 10.9 Å². The largest absolute Gasteiger partial charge is 0.292 e. The van der Waals surface area contributed by atoms with Crippen LogP contribution in [0.25, 0.3) is 0 Å². The smallest absolute Gasteiger partial charge is 0.241 e. The maximum Gasteiger partial charge on any atom is 0.241 e. The maximum atomic E-state index is 12.3. The first kappa shape index (κ1) is 14.6. The topological polar surface area (TPSA) is 37.4 Å². The average molecular weight is 340 g/mol. The van der Waals surface area contributed by atoms with Crippen molar-refractivity contribution in [2.24, 2.45) is 0 Å². The molecule has 1 amide bonds. The second kappa shape index (κ2) is 5.79. The highest BCUT2D eigenvalue weighted by Crippen LogP contribution is 2.35. The number of nitrogens with zero attached hydrogens (tertiary/aromatic N) is 1. The van der Waals surface area contributed by atoms with Gasteiger partial charge < -0.3 is 0 Å². The van der Waals surface area contributed by atoms with E-state index in [-0.39, 0.29) is 11.7 Å². The van der Waals surface area contributed by atoms with Crippen LogP contribution in [-0.4, -0.2) is 15.9 Å². The molecule has 1 heterocycles. The van der Waals surface area contributed by atoms with E-state index < -0.39 is 16.2 Å². The molecule has 3 rings (SSSR count). The van der Waals surface area contributed by atoms with E-state index in [1.165, 1.54) is 0 Å². The van der Waals surface area contributed by atoms with Crippen molar-refractivity contribution < 1.29 is 9.00 Å². The first-order valence-electron chi connectivity index (χ1n) is 6.26. The van der Waals surface area contributed by atoms with Crippen LogP contribution in [-0.2, 0) is 15.6 Å². The molecule has 2 aromatic rings. The molecule has 0 spiro atoms. The molecule has 0 radical (unpaired) electrons. The van der Waals surface area contributed by atoms with Crippen molar-refractivity contribution >= 4 is 45.6 Å². The Labute approximate surface area is 134 Å². The summed E-state index contributed by atoms with van der Waals surface area (Å²) in [4.78, 5) is 13.8. The van der Waals surface area contributed by atoms with Crippen LogP contribution < -0.4 is 4.90 Å². The molecule has 0 aromatic heterocycles. The Hall–Kier alpha value is -1.36. The third-order valence-electron chi connectivity index (χ3n) is 3.28. The molecule has 0 saturated carbocycles. The summed E-state index contributed by atoms with van der Waals surface area (Å²) in [5, 5.41) is 0.706. The van der Waals surface area contributed by atoms with E-state index in [4.69, 9.17) is 23.2 Å². The van der Waals surface area contributed by atoms with Crippen LogP contribution in [0.5, 0.6) is 0 Å². The predicted molar refractivity (Wildman–Crippen MR) is 86.1 cm³/mol. The molecule has 0 N–H and O–H groups in total. The standard InChI is InChI=1S/C15H11Cl2NO2S/c16-11-3-1-10(2-4-11)15-18(14(19)9-21(15)20)13-7-5-12(17)6-8-13/h1-8,15H,9H2/t15-,21-/m0/s1. The van der Waals surface area contributed by atoms with Crippen molar-refractivity contribution in [1.29, 1.82) is 0 Å². The van der Waals surface area contributed by atoms with Gasteiger partial charge >= 0.3 is 0 Å². The Morgan fingerprint density at radius 2 is 1.48 bits per heavy atom. The van der Waals surface area contributed by atoms with Crippen LogP contribution in [0.3, 0.4) is 0 Å². The van der Waals surface area contributed by atoms with Gasteiger partial charge in [0.25, 0.3) is 0 Å². The average Bonchev–Trinajstić information content (AvgIpc) is 2.75. The number of rotatable bonds is 2. The molecule has 1 aliphatic heterocycles. The first-order chi connectivity index (χ1) is 10.1. The summed E-state index contributed by atoms with van der Waals surface area (Å²) in [6.45, 7) is 0. The zero-order valence-electron chi connectivity index (χ0n) is 10.8. The van der Waals surface area contributed by atoms with Gasteiger partial charge in [-0.1, -0.05) is 35.3 Å². The summed E-state index contributed by atoms with van der Waals surface area (Å²) in [7, 11) is -1.28. The van der Waals surface area contributed by atoms with Gasteiger partial charge in [0.05, 0.1) is 10.8 Å². The molecule has 0 aliphatic carbocycles. The Bertz CT molecular complexity index is 639. The number of anilines is 1. The summed E-state index contributed by atoms with van der Waals surface area (Å²) >= 11 is 11.8. The predicted octanol–water partition coefficient (Wildman–Crippen LogP) is 3.79. The highest BCUT2D eigenvalue weighted by Gasteiger charge is 2.39. The normalized spacial score (nSPS) is 21.8. The lowest BCUT2D eigenvalue weighted by Crippen LogP contribution is -2.28. The maximum absolute atomic E-state index is 12.3. The number of amides is 1. The minimum absolute atomic E-state index is 0.0237. The molecule has 0 bridgehead atoms. The van der Waals surface area contributed by atoms with Crippen LogP contribution in [0.15, 0.2) is 48.5 Å². The van der Waals surface area contributed by atoms with Gasteiger partial charge in [0.15, 0.2) is 0 Å². The van der Waals surface area contributed by atoms with E-state index in [2.05, 4.69) is 0 Å². The van der Waals surface area contributed by atoms with Crippen LogP contribution in [0.2, 0.25) is 10.0 Å². The van der Waals surface area contributed by atoms with Crippen molar-refractivity contribution in [1.82, 2.24) is 0 Å². The summed E-state index contributed by atoms with van der Waals surface area (Å²) in [5.74, 6) is -0.133. The Morgan fingerprint density at radius 1 is 0.952 bits per heavy atom. The molecular weight excluding hydrogens is 329 g/mol. The van der Waals surface area contributed by atoms with Crippen LogP contribution in [0, 0.1) is 0 Å². The van der Waals surface area contributed by atoms with E-state index in [1.54, 1.807) is 53.4 Å².